The number of nitrogens with zero attached hydrogens (tertiary/aromatic N) is 2. The van der Waals surface area contributed by atoms with E-state index in [9.17, 15) is 5.11 Å². The van der Waals surface area contributed by atoms with Gasteiger partial charge in [-0.2, -0.15) is 6.67 Å². The molecular weight excluding hydrogens is 224 g/mol. The summed E-state index contributed by atoms with van der Waals surface area (Å²) in [5, 5.41) is 9.56. The molecule has 0 amide bonds. The number of phenolic OH excluding ortho intramolecular Hbond substituents is 1. The van der Waals surface area contributed by atoms with Crippen LogP contribution in [-0.4, -0.2) is 22.0 Å². The molecule has 3 nitrogen and oxygen atoms in total. The minimum atomic E-state index is 0. The summed E-state index contributed by atoms with van der Waals surface area (Å²) in [7, 11) is 1.97. The van der Waals surface area contributed by atoms with Gasteiger partial charge in [-0.15, -0.1) is 0 Å². The van der Waals surface area contributed by atoms with Crippen LogP contribution < -0.4 is 0 Å². The fourth-order valence-corrected chi connectivity index (χ4v) is 1.44. The van der Waals surface area contributed by atoms with Gasteiger partial charge in [-0.25, -0.2) is 0 Å². The van der Waals surface area contributed by atoms with Gasteiger partial charge in [0.15, 0.2) is 0 Å². The van der Waals surface area contributed by atoms with Crippen LogP contribution in [0.15, 0.2) is 36.7 Å². The van der Waals surface area contributed by atoms with Crippen molar-refractivity contribution in [3.63, 3.8) is 0 Å². The maximum atomic E-state index is 9.56. The predicted molar refractivity (Wildman–Crippen MR) is 54.9 cm³/mol. The predicted octanol–water partition coefficient (Wildman–Crippen LogP) is 1.73. The SMILES string of the molecule is CN1C=CN(Cc2ccccc2O)[CH-]1.[Ti]. The summed E-state index contributed by atoms with van der Waals surface area (Å²) >= 11 is 0. The number of rotatable bonds is 2. The van der Waals surface area contributed by atoms with Crippen molar-refractivity contribution in [1.82, 2.24) is 9.80 Å². The second kappa shape index (κ2) is 5.24. The summed E-state index contributed by atoms with van der Waals surface area (Å²) in [5.41, 5.74) is 0.934. The topological polar surface area (TPSA) is 26.7 Å². The van der Waals surface area contributed by atoms with E-state index in [4.69, 9.17) is 0 Å². The molecule has 0 radical (unpaired) electrons. The smallest absolute Gasteiger partial charge is 0.120 e. The number of aromatic hydroxyl groups is 1. The molecule has 2 rings (SSSR count). The summed E-state index contributed by atoms with van der Waals surface area (Å²) in [6.07, 6.45) is 3.95. The summed E-state index contributed by atoms with van der Waals surface area (Å²) in [6, 6.07) is 7.39. The van der Waals surface area contributed by atoms with Gasteiger partial charge in [0.05, 0.1) is 0 Å². The Morgan fingerprint density at radius 2 is 2.00 bits per heavy atom. The molecule has 0 saturated heterocycles. The van der Waals surface area contributed by atoms with Gasteiger partial charge < -0.3 is 14.9 Å². The van der Waals surface area contributed by atoms with Gasteiger partial charge in [-0.05, 0) is 25.5 Å². The van der Waals surface area contributed by atoms with Gasteiger partial charge in [0.25, 0.3) is 0 Å². The Labute approximate surface area is 105 Å². The van der Waals surface area contributed by atoms with Gasteiger partial charge in [-0.3, -0.25) is 0 Å². The second-order valence-electron chi connectivity index (χ2n) is 3.38. The third-order valence-electron chi connectivity index (χ3n) is 2.17. The van der Waals surface area contributed by atoms with Crippen LogP contribution >= 0.6 is 0 Å². The van der Waals surface area contributed by atoms with Gasteiger partial charge >= 0.3 is 0 Å². The van der Waals surface area contributed by atoms with E-state index in [-0.39, 0.29) is 21.7 Å². The quantitative estimate of drug-likeness (QED) is 0.626. The van der Waals surface area contributed by atoms with E-state index in [1.54, 1.807) is 6.07 Å². The number of hydrogen-bond acceptors (Lipinski definition) is 3. The summed E-state index contributed by atoms with van der Waals surface area (Å²) in [5.74, 6) is 0.351. The first-order valence-corrected chi connectivity index (χ1v) is 4.53. The van der Waals surface area contributed by atoms with Crippen molar-refractivity contribution in [1.29, 1.82) is 0 Å². The Morgan fingerprint density at radius 1 is 1.27 bits per heavy atom. The van der Waals surface area contributed by atoms with Crippen LogP contribution in [0.5, 0.6) is 5.75 Å². The Balaban J connectivity index is 0.00000112. The molecule has 15 heavy (non-hydrogen) atoms. The van der Waals surface area contributed by atoms with Gasteiger partial charge in [0.2, 0.25) is 0 Å². The van der Waals surface area contributed by atoms with E-state index in [1.807, 2.05) is 54.1 Å². The Hall–Kier alpha value is -0.926. The maximum Gasteiger partial charge on any atom is 0.120 e. The molecule has 0 aliphatic carbocycles. The molecule has 4 heteroatoms. The zero-order valence-electron chi connectivity index (χ0n) is 8.59. The summed E-state index contributed by atoms with van der Waals surface area (Å²) < 4.78 is 0. The maximum absolute atomic E-state index is 9.56. The normalized spacial score (nSPS) is 14.2. The van der Waals surface area contributed by atoms with E-state index < -0.39 is 0 Å². The minimum Gasteiger partial charge on any atom is -0.511 e. The molecule has 0 spiro atoms. The molecule has 0 saturated carbocycles. The zero-order chi connectivity index (χ0) is 9.97. The molecule has 0 fully saturated rings. The minimum absolute atomic E-state index is 0. The molecular formula is C11H13N2OTi-. The average molecular weight is 237 g/mol. The van der Waals surface area contributed by atoms with Crippen molar-refractivity contribution in [2.75, 3.05) is 7.05 Å². The van der Waals surface area contributed by atoms with E-state index in [0.717, 1.165) is 5.56 Å². The van der Waals surface area contributed by atoms with Crippen LogP contribution in [0.1, 0.15) is 5.56 Å². The molecule has 0 bridgehead atoms. The number of phenols is 1. The molecule has 1 aromatic rings. The first-order chi connectivity index (χ1) is 6.75. The van der Waals surface area contributed by atoms with Crippen LogP contribution in [0.2, 0.25) is 0 Å². The average Bonchev–Trinajstić information content (AvgIpc) is 2.56. The Bertz CT molecular complexity index is 354. The van der Waals surface area contributed by atoms with Crippen LogP contribution in [0.4, 0.5) is 0 Å². The molecule has 0 atom stereocenters. The standard InChI is InChI=1S/C11H13N2O.Ti/c1-12-6-7-13(9-12)8-10-4-2-3-5-11(10)14;/h2-7,9,14H,8H2,1H3;/q-1;. The van der Waals surface area contributed by atoms with E-state index in [2.05, 4.69) is 0 Å². The first kappa shape index (κ1) is 12.1. The van der Waals surface area contributed by atoms with Gasteiger partial charge in [0.1, 0.15) is 5.75 Å². The molecule has 1 aromatic carbocycles. The molecule has 78 valence electrons. The zero-order valence-corrected chi connectivity index (χ0v) is 10.2. The third kappa shape index (κ3) is 3.01. The van der Waals surface area contributed by atoms with Crippen LogP contribution in [0.25, 0.3) is 0 Å². The Morgan fingerprint density at radius 3 is 2.60 bits per heavy atom. The van der Waals surface area contributed by atoms with Gasteiger partial charge in [0, 0.05) is 33.8 Å². The number of benzene rings is 1. The molecule has 0 unspecified atom stereocenters. The molecule has 1 aliphatic heterocycles. The van der Waals surface area contributed by atoms with E-state index in [0.29, 0.717) is 12.3 Å². The summed E-state index contributed by atoms with van der Waals surface area (Å²) in [6.45, 7) is 2.68. The largest absolute Gasteiger partial charge is 0.511 e. The summed E-state index contributed by atoms with van der Waals surface area (Å²) in [4.78, 5) is 4.00. The molecule has 1 aliphatic rings. The van der Waals surface area contributed by atoms with Crippen molar-refractivity contribution in [2.24, 2.45) is 0 Å². The number of para-hydroxylation sites is 1. The molecule has 1 N–H and O–H groups in total. The van der Waals surface area contributed by atoms with Crippen molar-refractivity contribution >= 4 is 0 Å². The van der Waals surface area contributed by atoms with Crippen molar-refractivity contribution in [2.45, 2.75) is 6.54 Å². The van der Waals surface area contributed by atoms with Crippen molar-refractivity contribution < 1.29 is 26.8 Å². The third-order valence-corrected chi connectivity index (χ3v) is 2.17. The first-order valence-electron chi connectivity index (χ1n) is 4.53. The second-order valence-corrected chi connectivity index (χ2v) is 3.38. The van der Waals surface area contributed by atoms with Crippen LogP contribution in [0, 0.1) is 6.67 Å². The fourth-order valence-electron chi connectivity index (χ4n) is 1.44. The monoisotopic (exact) mass is 237 g/mol. The van der Waals surface area contributed by atoms with Crippen molar-refractivity contribution in [3.8, 4) is 5.75 Å². The van der Waals surface area contributed by atoms with Crippen LogP contribution in [0.3, 0.4) is 0 Å². The van der Waals surface area contributed by atoms with Crippen molar-refractivity contribution in [3.05, 3.63) is 48.9 Å². The van der Waals surface area contributed by atoms with E-state index in [1.165, 1.54) is 0 Å². The fraction of sp³-hybridized carbons (Fsp3) is 0.182. The molecule has 1 heterocycles. The van der Waals surface area contributed by atoms with E-state index >= 15 is 0 Å². The number of hydrogen-bond donors (Lipinski definition) is 1. The van der Waals surface area contributed by atoms with Gasteiger partial charge in [-0.1, -0.05) is 18.2 Å². The Kier molecular flexibility index (Phi) is 4.24. The molecule has 0 aromatic heterocycles. The van der Waals surface area contributed by atoms with Crippen LogP contribution in [-0.2, 0) is 28.3 Å².